The van der Waals surface area contributed by atoms with Crippen molar-refractivity contribution in [3.05, 3.63) is 32.2 Å². The predicted octanol–water partition coefficient (Wildman–Crippen LogP) is 4.96. The van der Waals surface area contributed by atoms with E-state index in [1.165, 1.54) is 24.8 Å². The second kappa shape index (κ2) is 4.49. The first-order valence-electron chi connectivity index (χ1n) is 4.50. The van der Waals surface area contributed by atoms with Gasteiger partial charge in [0, 0.05) is 13.6 Å². The van der Waals surface area contributed by atoms with Crippen molar-refractivity contribution in [3.63, 3.8) is 0 Å². The summed E-state index contributed by atoms with van der Waals surface area (Å²) in [5.74, 6) is 0. The van der Waals surface area contributed by atoms with Gasteiger partial charge in [0.15, 0.2) is 0 Å². The van der Waals surface area contributed by atoms with Gasteiger partial charge in [-0.15, -0.1) is 11.3 Å². The van der Waals surface area contributed by atoms with Gasteiger partial charge in [0.1, 0.15) is 0 Å². The number of fused-ring (bicyclic) bond motifs is 1. The van der Waals surface area contributed by atoms with Crippen LogP contribution in [0.4, 0.5) is 0 Å². The number of hydrogen-bond acceptors (Lipinski definition) is 1. The number of alkyl halides is 1. The molecule has 0 bridgehead atoms. The van der Waals surface area contributed by atoms with Crippen LogP contribution in [0.1, 0.15) is 18.1 Å². The summed E-state index contributed by atoms with van der Waals surface area (Å²) in [5, 5.41) is 4.61. The monoisotopic (exact) mass is 380 g/mol. The SMILES string of the molecule is CCc1cc2scc(CBr)c2cc1I. The second-order valence-corrected chi connectivity index (χ2v) is 5.82. The van der Waals surface area contributed by atoms with Crippen molar-refractivity contribution in [3.8, 4) is 0 Å². The van der Waals surface area contributed by atoms with Crippen molar-refractivity contribution < 1.29 is 0 Å². The van der Waals surface area contributed by atoms with Crippen molar-refractivity contribution >= 4 is 59.9 Å². The van der Waals surface area contributed by atoms with E-state index >= 15 is 0 Å². The molecule has 14 heavy (non-hydrogen) atoms. The van der Waals surface area contributed by atoms with Gasteiger partial charge in [-0.2, -0.15) is 0 Å². The molecule has 0 unspecified atom stereocenters. The number of hydrogen-bond donors (Lipinski definition) is 0. The first-order valence-corrected chi connectivity index (χ1v) is 7.58. The third-order valence-corrected chi connectivity index (χ3v) is 4.95. The van der Waals surface area contributed by atoms with Crippen LogP contribution in [0.5, 0.6) is 0 Å². The van der Waals surface area contributed by atoms with E-state index in [1.54, 1.807) is 0 Å². The summed E-state index contributed by atoms with van der Waals surface area (Å²) in [7, 11) is 0. The van der Waals surface area contributed by atoms with Crippen LogP contribution in [0.15, 0.2) is 17.5 Å². The average molecular weight is 381 g/mol. The summed E-state index contributed by atoms with van der Waals surface area (Å²) in [6.07, 6.45) is 1.12. The lowest BCUT2D eigenvalue weighted by Gasteiger charge is -2.02. The van der Waals surface area contributed by atoms with Crippen molar-refractivity contribution in [2.45, 2.75) is 18.7 Å². The fraction of sp³-hybridized carbons (Fsp3) is 0.273. The van der Waals surface area contributed by atoms with E-state index in [2.05, 4.69) is 63.0 Å². The fourth-order valence-corrected chi connectivity index (χ4v) is 4.05. The van der Waals surface area contributed by atoms with Crippen LogP contribution in [0, 0.1) is 3.57 Å². The predicted molar refractivity (Wildman–Crippen MR) is 76.6 cm³/mol. The lowest BCUT2D eigenvalue weighted by atomic mass is 10.1. The average Bonchev–Trinajstić information content (AvgIpc) is 2.58. The molecule has 3 heteroatoms. The van der Waals surface area contributed by atoms with Gasteiger partial charge in [-0.3, -0.25) is 0 Å². The first kappa shape index (κ1) is 10.9. The first-order chi connectivity index (χ1) is 6.76. The van der Waals surface area contributed by atoms with E-state index in [0.717, 1.165) is 11.8 Å². The molecule has 74 valence electrons. The Hall–Kier alpha value is 0.390. The van der Waals surface area contributed by atoms with Crippen LogP contribution in [0.2, 0.25) is 0 Å². The van der Waals surface area contributed by atoms with E-state index in [4.69, 9.17) is 0 Å². The molecule has 0 amide bonds. The zero-order valence-electron chi connectivity index (χ0n) is 7.81. The van der Waals surface area contributed by atoms with Crippen molar-refractivity contribution in [2.75, 3.05) is 0 Å². The zero-order valence-corrected chi connectivity index (χ0v) is 12.4. The van der Waals surface area contributed by atoms with Crippen LogP contribution < -0.4 is 0 Å². The number of halogens is 2. The largest absolute Gasteiger partial charge is 0.143 e. The number of benzene rings is 1. The van der Waals surface area contributed by atoms with Crippen LogP contribution >= 0.6 is 49.9 Å². The molecule has 0 saturated heterocycles. The van der Waals surface area contributed by atoms with Crippen LogP contribution in [0.25, 0.3) is 10.1 Å². The van der Waals surface area contributed by atoms with E-state index in [-0.39, 0.29) is 0 Å². The van der Waals surface area contributed by atoms with Crippen LogP contribution in [0.3, 0.4) is 0 Å². The maximum absolute atomic E-state index is 3.52. The molecule has 0 radical (unpaired) electrons. The molecule has 0 nitrogen and oxygen atoms in total. The van der Waals surface area contributed by atoms with E-state index < -0.39 is 0 Å². The Morgan fingerprint density at radius 2 is 2.14 bits per heavy atom. The van der Waals surface area contributed by atoms with Crippen LogP contribution in [-0.2, 0) is 11.8 Å². The maximum Gasteiger partial charge on any atom is 0.0349 e. The molecule has 0 spiro atoms. The Kier molecular flexibility index (Phi) is 3.50. The Bertz CT molecular complexity index is 462. The Labute approximate surface area is 110 Å². The minimum absolute atomic E-state index is 0.953. The minimum Gasteiger partial charge on any atom is -0.143 e. The van der Waals surface area contributed by atoms with Gasteiger partial charge >= 0.3 is 0 Å². The minimum atomic E-state index is 0.953. The lowest BCUT2D eigenvalue weighted by molar-refractivity contribution is 1.13. The van der Waals surface area contributed by atoms with E-state index in [0.29, 0.717) is 0 Å². The molecular weight excluding hydrogens is 371 g/mol. The van der Waals surface area contributed by atoms with Gasteiger partial charge in [0.25, 0.3) is 0 Å². The van der Waals surface area contributed by atoms with Gasteiger partial charge < -0.3 is 0 Å². The topological polar surface area (TPSA) is 0 Å². The zero-order chi connectivity index (χ0) is 10.1. The molecule has 2 rings (SSSR count). The third-order valence-electron chi connectivity index (χ3n) is 2.35. The summed E-state index contributed by atoms with van der Waals surface area (Å²) in [5.41, 5.74) is 2.87. The highest BCUT2D eigenvalue weighted by Crippen LogP contribution is 2.31. The van der Waals surface area contributed by atoms with Gasteiger partial charge in [-0.25, -0.2) is 0 Å². The molecule has 0 aliphatic heterocycles. The maximum atomic E-state index is 3.52. The van der Waals surface area contributed by atoms with Crippen molar-refractivity contribution in [1.29, 1.82) is 0 Å². The molecule has 2 aromatic rings. The van der Waals surface area contributed by atoms with Gasteiger partial charge in [0.2, 0.25) is 0 Å². The molecule has 0 N–H and O–H groups in total. The lowest BCUT2D eigenvalue weighted by Crippen LogP contribution is -1.85. The number of aryl methyl sites for hydroxylation is 1. The molecule has 1 aromatic heterocycles. The highest BCUT2D eigenvalue weighted by molar-refractivity contribution is 14.1. The number of thiophene rings is 1. The fourth-order valence-electron chi connectivity index (χ4n) is 1.52. The molecule has 1 aromatic carbocycles. The quantitative estimate of drug-likeness (QED) is 0.510. The molecule has 0 atom stereocenters. The smallest absolute Gasteiger partial charge is 0.0349 e. The normalized spacial score (nSPS) is 11.1. The summed E-state index contributed by atoms with van der Waals surface area (Å²) in [6.45, 7) is 2.21. The summed E-state index contributed by atoms with van der Waals surface area (Å²) in [6, 6.07) is 4.63. The van der Waals surface area contributed by atoms with Gasteiger partial charge in [-0.05, 0) is 63.0 Å². The Morgan fingerprint density at radius 3 is 2.79 bits per heavy atom. The van der Waals surface area contributed by atoms with E-state index in [9.17, 15) is 0 Å². The molecule has 0 fully saturated rings. The highest BCUT2D eigenvalue weighted by Gasteiger charge is 2.06. The van der Waals surface area contributed by atoms with Crippen LogP contribution in [-0.4, -0.2) is 0 Å². The molecular formula is C11H10BrIS. The summed E-state index contributed by atoms with van der Waals surface area (Å²) in [4.78, 5) is 0. The van der Waals surface area contributed by atoms with Gasteiger partial charge in [0.05, 0.1) is 0 Å². The summed E-state index contributed by atoms with van der Waals surface area (Å²) < 4.78 is 2.80. The molecule has 0 saturated carbocycles. The molecule has 0 aliphatic carbocycles. The summed E-state index contributed by atoms with van der Waals surface area (Å²) >= 11 is 7.79. The molecule has 1 heterocycles. The third kappa shape index (κ3) is 1.86. The van der Waals surface area contributed by atoms with Crippen molar-refractivity contribution in [2.24, 2.45) is 0 Å². The van der Waals surface area contributed by atoms with Crippen molar-refractivity contribution in [1.82, 2.24) is 0 Å². The molecule has 0 aliphatic rings. The Morgan fingerprint density at radius 1 is 1.36 bits per heavy atom. The number of rotatable bonds is 2. The standard InChI is InChI=1S/C11H10BrIS/c1-2-7-3-11-9(4-10(7)13)8(5-12)6-14-11/h3-4,6H,2,5H2,1H3. The highest BCUT2D eigenvalue weighted by atomic mass is 127. The second-order valence-electron chi connectivity index (χ2n) is 3.19. The van der Waals surface area contributed by atoms with Gasteiger partial charge in [-0.1, -0.05) is 22.9 Å². The Balaban J connectivity index is 2.69. The van der Waals surface area contributed by atoms with E-state index in [1.807, 2.05) is 11.3 Å².